The summed E-state index contributed by atoms with van der Waals surface area (Å²) in [5.41, 5.74) is 2.48. The Labute approximate surface area is 163 Å². The number of amides is 2. The molecular weight excluding hydrogens is 338 g/mol. The summed E-state index contributed by atoms with van der Waals surface area (Å²) in [7, 11) is 0. The van der Waals surface area contributed by atoms with Gasteiger partial charge in [0.25, 0.3) is 0 Å². The molecule has 5 nitrogen and oxygen atoms in total. The molecule has 2 fully saturated rings. The highest BCUT2D eigenvalue weighted by atomic mass is 16.2. The van der Waals surface area contributed by atoms with E-state index >= 15 is 0 Å². The number of carbonyl (C=O) groups excluding carboxylic acids is 2. The molecule has 2 aliphatic heterocycles. The summed E-state index contributed by atoms with van der Waals surface area (Å²) < 4.78 is 0. The molecular formula is C22H33N3O2. The normalized spacial score (nSPS) is 20.9. The third kappa shape index (κ3) is 6.06. The largest absolute Gasteiger partial charge is 0.356 e. The summed E-state index contributed by atoms with van der Waals surface area (Å²) in [5, 5.41) is 3.04. The first kappa shape index (κ1) is 19.9. The minimum Gasteiger partial charge on any atom is -0.356 e. The maximum atomic E-state index is 12.4. The third-order valence-electron chi connectivity index (χ3n) is 5.78. The van der Waals surface area contributed by atoms with Gasteiger partial charge in [-0.15, -0.1) is 0 Å². The Hall–Kier alpha value is -1.88. The summed E-state index contributed by atoms with van der Waals surface area (Å²) in [6.07, 6.45) is 6.14. The lowest BCUT2D eigenvalue weighted by molar-refractivity contribution is -0.129. The van der Waals surface area contributed by atoms with Gasteiger partial charge in [-0.1, -0.05) is 36.2 Å². The lowest BCUT2D eigenvalue weighted by Gasteiger charge is -2.26. The second-order valence-corrected chi connectivity index (χ2v) is 8.02. The number of rotatable bonds is 8. The van der Waals surface area contributed by atoms with Gasteiger partial charge < -0.3 is 15.1 Å². The van der Waals surface area contributed by atoms with Crippen molar-refractivity contribution < 1.29 is 9.59 Å². The molecule has 2 aliphatic rings. The average Bonchev–Trinajstić information content (AvgIpc) is 3.06. The fourth-order valence-corrected chi connectivity index (χ4v) is 4.02. The van der Waals surface area contributed by atoms with Crippen LogP contribution in [0.1, 0.15) is 43.2 Å². The lowest BCUT2D eigenvalue weighted by Crippen LogP contribution is -2.36. The van der Waals surface area contributed by atoms with E-state index in [1.54, 1.807) is 0 Å². The highest BCUT2D eigenvalue weighted by Crippen LogP contribution is 2.18. The van der Waals surface area contributed by atoms with Gasteiger partial charge >= 0.3 is 0 Å². The van der Waals surface area contributed by atoms with Crippen molar-refractivity contribution in [3.63, 3.8) is 0 Å². The maximum absolute atomic E-state index is 12.4. The molecule has 1 aromatic carbocycles. The van der Waals surface area contributed by atoms with Gasteiger partial charge in [0.05, 0.1) is 5.92 Å². The van der Waals surface area contributed by atoms with E-state index < -0.39 is 0 Å². The summed E-state index contributed by atoms with van der Waals surface area (Å²) in [6.45, 7) is 7.49. The standard InChI is InChI=1S/C22H33N3O2/c1-18-6-8-19(9-7-18)10-15-25-17-20(16-21(25)26)22(27)23-11-5-14-24-12-3-2-4-13-24/h6-9,20H,2-5,10-17H2,1H3,(H,23,27)/t20-/m1/s1. The average molecular weight is 372 g/mol. The molecule has 0 aromatic heterocycles. The zero-order chi connectivity index (χ0) is 19.1. The number of hydrogen-bond acceptors (Lipinski definition) is 3. The van der Waals surface area contributed by atoms with Crippen molar-refractivity contribution >= 4 is 11.8 Å². The van der Waals surface area contributed by atoms with Crippen molar-refractivity contribution in [2.45, 2.75) is 45.4 Å². The van der Waals surface area contributed by atoms with E-state index in [-0.39, 0.29) is 17.7 Å². The van der Waals surface area contributed by atoms with Crippen LogP contribution in [0.25, 0.3) is 0 Å². The van der Waals surface area contributed by atoms with Crippen LogP contribution in [0.2, 0.25) is 0 Å². The Morgan fingerprint density at radius 3 is 2.59 bits per heavy atom. The van der Waals surface area contributed by atoms with Gasteiger partial charge in [0, 0.05) is 26.1 Å². The highest BCUT2D eigenvalue weighted by molar-refractivity contribution is 5.89. The minimum atomic E-state index is -0.189. The van der Waals surface area contributed by atoms with E-state index in [0.717, 1.165) is 19.4 Å². The number of aryl methyl sites for hydroxylation is 1. The summed E-state index contributed by atoms with van der Waals surface area (Å²) in [6, 6.07) is 8.42. The van der Waals surface area contributed by atoms with Crippen molar-refractivity contribution in [3.8, 4) is 0 Å². The molecule has 0 bridgehead atoms. The van der Waals surface area contributed by atoms with Crippen molar-refractivity contribution in [1.29, 1.82) is 0 Å². The molecule has 0 spiro atoms. The van der Waals surface area contributed by atoms with Crippen LogP contribution in [0.15, 0.2) is 24.3 Å². The predicted molar refractivity (Wildman–Crippen MR) is 107 cm³/mol. The van der Waals surface area contributed by atoms with E-state index in [2.05, 4.69) is 41.4 Å². The molecule has 5 heteroatoms. The molecule has 0 unspecified atom stereocenters. The molecule has 0 radical (unpaired) electrons. The van der Waals surface area contributed by atoms with Crippen molar-refractivity contribution in [1.82, 2.24) is 15.1 Å². The van der Waals surface area contributed by atoms with Crippen molar-refractivity contribution in [2.75, 3.05) is 39.3 Å². The molecule has 2 saturated heterocycles. The second-order valence-electron chi connectivity index (χ2n) is 8.02. The number of nitrogens with one attached hydrogen (secondary N) is 1. The van der Waals surface area contributed by atoms with Gasteiger partial charge in [-0.2, -0.15) is 0 Å². The van der Waals surface area contributed by atoms with Crippen molar-refractivity contribution in [2.24, 2.45) is 5.92 Å². The van der Waals surface area contributed by atoms with Gasteiger partial charge in [-0.05, 0) is 57.8 Å². The molecule has 1 N–H and O–H groups in total. The molecule has 0 saturated carbocycles. The number of benzene rings is 1. The first-order chi connectivity index (χ1) is 13.1. The Morgan fingerprint density at radius 1 is 1.11 bits per heavy atom. The molecule has 1 atom stereocenters. The Balaban J connectivity index is 1.34. The molecule has 2 heterocycles. The number of hydrogen-bond donors (Lipinski definition) is 1. The maximum Gasteiger partial charge on any atom is 0.225 e. The van der Waals surface area contributed by atoms with Crippen LogP contribution in [0.3, 0.4) is 0 Å². The summed E-state index contributed by atoms with van der Waals surface area (Å²) in [4.78, 5) is 29.0. The van der Waals surface area contributed by atoms with E-state index in [4.69, 9.17) is 0 Å². The monoisotopic (exact) mass is 371 g/mol. The SMILES string of the molecule is Cc1ccc(CCN2C[C@H](C(=O)NCCCN3CCCCC3)CC2=O)cc1. The molecule has 27 heavy (non-hydrogen) atoms. The summed E-state index contributed by atoms with van der Waals surface area (Å²) in [5.74, 6) is -0.0408. The number of carbonyl (C=O) groups is 2. The van der Waals surface area contributed by atoms with E-state index in [1.165, 1.54) is 43.5 Å². The Bertz CT molecular complexity index is 623. The van der Waals surface area contributed by atoms with Crippen LogP contribution >= 0.6 is 0 Å². The Kier molecular flexibility index (Phi) is 7.27. The van der Waals surface area contributed by atoms with E-state index in [9.17, 15) is 9.59 Å². The van der Waals surface area contributed by atoms with Gasteiger partial charge in [0.15, 0.2) is 0 Å². The van der Waals surface area contributed by atoms with Crippen LogP contribution < -0.4 is 5.32 Å². The van der Waals surface area contributed by atoms with Crippen LogP contribution in [0, 0.1) is 12.8 Å². The topological polar surface area (TPSA) is 52.7 Å². The van der Waals surface area contributed by atoms with Gasteiger partial charge in [0.2, 0.25) is 11.8 Å². The van der Waals surface area contributed by atoms with E-state index in [0.29, 0.717) is 26.1 Å². The number of nitrogens with zero attached hydrogens (tertiary/aromatic N) is 2. The highest BCUT2D eigenvalue weighted by Gasteiger charge is 2.33. The smallest absolute Gasteiger partial charge is 0.225 e. The zero-order valence-corrected chi connectivity index (χ0v) is 16.6. The molecule has 148 valence electrons. The quantitative estimate of drug-likeness (QED) is 0.714. The predicted octanol–water partition coefficient (Wildman–Crippen LogP) is 2.38. The molecule has 0 aliphatic carbocycles. The summed E-state index contributed by atoms with van der Waals surface area (Å²) >= 11 is 0. The zero-order valence-electron chi connectivity index (χ0n) is 16.6. The number of piperidine rings is 1. The van der Waals surface area contributed by atoms with Crippen LogP contribution in [0.4, 0.5) is 0 Å². The van der Waals surface area contributed by atoms with Crippen molar-refractivity contribution in [3.05, 3.63) is 35.4 Å². The second kappa shape index (κ2) is 9.88. The first-order valence-corrected chi connectivity index (χ1v) is 10.5. The van der Waals surface area contributed by atoms with Gasteiger partial charge in [-0.25, -0.2) is 0 Å². The number of likely N-dealkylation sites (tertiary alicyclic amines) is 2. The molecule has 2 amide bonds. The van der Waals surface area contributed by atoms with E-state index in [1.807, 2.05) is 4.90 Å². The fraction of sp³-hybridized carbons (Fsp3) is 0.636. The van der Waals surface area contributed by atoms with Gasteiger partial charge in [-0.3, -0.25) is 9.59 Å². The van der Waals surface area contributed by atoms with Crippen LogP contribution in [-0.2, 0) is 16.0 Å². The van der Waals surface area contributed by atoms with Gasteiger partial charge in [0.1, 0.15) is 0 Å². The van der Waals surface area contributed by atoms with Crippen LogP contribution in [0.5, 0.6) is 0 Å². The Morgan fingerprint density at radius 2 is 1.85 bits per heavy atom. The first-order valence-electron chi connectivity index (χ1n) is 10.5. The minimum absolute atomic E-state index is 0.0415. The lowest BCUT2D eigenvalue weighted by atomic mass is 10.1. The van der Waals surface area contributed by atoms with Crippen LogP contribution in [-0.4, -0.2) is 60.9 Å². The molecule has 3 rings (SSSR count). The third-order valence-corrected chi connectivity index (χ3v) is 5.78. The fourth-order valence-electron chi connectivity index (χ4n) is 4.02. The molecule has 1 aromatic rings.